The van der Waals surface area contributed by atoms with E-state index in [0.29, 0.717) is 38.6 Å². The maximum Gasteiger partial charge on any atom is 0.225 e. The van der Waals surface area contributed by atoms with Gasteiger partial charge in [0.1, 0.15) is 17.7 Å². The number of likely N-dealkylation sites (tertiary alicyclic amines) is 1. The number of piperidine rings is 1. The van der Waals surface area contributed by atoms with Crippen molar-refractivity contribution in [2.45, 2.75) is 25.9 Å². The lowest BCUT2D eigenvalue weighted by Crippen LogP contribution is -2.50. The van der Waals surface area contributed by atoms with E-state index in [1.54, 1.807) is 19.2 Å². The van der Waals surface area contributed by atoms with Gasteiger partial charge in [-0.15, -0.1) is 0 Å². The molecule has 2 fully saturated rings. The molecule has 3 rings (SSSR count). The number of nitrogens with zero attached hydrogens (tertiary/aromatic N) is 3. The molecule has 7 nitrogen and oxygen atoms in total. The van der Waals surface area contributed by atoms with E-state index in [0.717, 1.165) is 31.9 Å². The minimum absolute atomic E-state index is 0.0812. The van der Waals surface area contributed by atoms with Gasteiger partial charge >= 0.3 is 0 Å². The van der Waals surface area contributed by atoms with Crippen molar-refractivity contribution in [3.05, 3.63) is 30.1 Å². The fourth-order valence-electron chi connectivity index (χ4n) is 3.76. The van der Waals surface area contributed by atoms with Crippen LogP contribution in [0.1, 0.15) is 19.8 Å². The minimum Gasteiger partial charge on any atom is -0.489 e. The van der Waals surface area contributed by atoms with Crippen molar-refractivity contribution < 1.29 is 18.7 Å². The first-order valence-electron chi connectivity index (χ1n) is 10.3. The molecule has 2 saturated heterocycles. The van der Waals surface area contributed by atoms with Gasteiger partial charge in [-0.25, -0.2) is 4.39 Å². The number of carbonyl (C=O) groups is 1. The molecule has 2 aliphatic rings. The van der Waals surface area contributed by atoms with Gasteiger partial charge in [0, 0.05) is 45.2 Å². The van der Waals surface area contributed by atoms with E-state index in [1.807, 2.05) is 11.8 Å². The maximum absolute atomic E-state index is 13.3. The Hall–Kier alpha value is -2.35. The van der Waals surface area contributed by atoms with E-state index in [2.05, 4.69) is 15.2 Å². The van der Waals surface area contributed by atoms with E-state index in [1.165, 1.54) is 12.1 Å². The first kappa shape index (κ1) is 21.4. The first-order chi connectivity index (χ1) is 14.1. The van der Waals surface area contributed by atoms with Crippen LogP contribution in [0.2, 0.25) is 0 Å². The van der Waals surface area contributed by atoms with Gasteiger partial charge in [0.25, 0.3) is 0 Å². The molecule has 1 amide bonds. The third kappa shape index (κ3) is 6.06. The van der Waals surface area contributed by atoms with Crippen molar-refractivity contribution in [1.29, 1.82) is 0 Å². The summed E-state index contributed by atoms with van der Waals surface area (Å²) in [7, 11) is 1.76. The van der Waals surface area contributed by atoms with Gasteiger partial charge in [-0.1, -0.05) is 6.07 Å². The van der Waals surface area contributed by atoms with Crippen molar-refractivity contribution >= 4 is 11.9 Å². The zero-order chi connectivity index (χ0) is 20.6. The number of ether oxygens (including phenoxy) is 2. The van der Waals surface area contributed by atoms with Crippen molar-refractivity contribution in [2.75, 3.05) is 53.0 Å². The molecule has 1 aromatic carbocycles. The van der Waals surface area contributed by atoms with Crippen LogP contribution in [-0.4, -0.2) is 80.8 Å². The molecule has 8 heteroatoms. The lowest BCUT2D eigenvalue weighted by molar-refractivity contribution is -0.140. The molecule has 1 unspecified atom stereocenters. The third-order valence-electron chi connectivity index (χ3n) is 5.36. The summed E-state index contributed by atoms with van der Waals surface area (Å²) in [4.78, 5) is 21.2. The van der Waals surface area contributed by atoms with Gasteiger partial charge in [-0.3, -0.25) is 9.79 Å². The Labute approximate surface area is 171 Å². The quantitative estimate of drug-likeness (QED) is 0.596. The lowest BCUT2D eigenvalue weighted by atomic mass is 9.95. The normalized spacial score (nSPS) is 19.8. The Kier molecular flexibility index (Phi) is 7.69. The average Bonchev–Trinajstić information content (AvgIpc) is 2.75. The summed E-state index contributed by atoms with van der Waals surface area (Å²) in [5.41, 5.74) is 0. The van der Waals surface area contributed by atoms with Crippen molar-refractivity contribution in [1.82, 2.24) is 15.1 Å². The Morgan fingerprint density at radius 2 is 2.00 bits per heavy atom. The molecule has 1 atom stereocenters. The van der Waals surface area contributed by atoms with Gasteiger partial charge in [-0.05, 0) is 31.9 Å². The van der Waals surface area contributed by atoms with Gasteiger partial charge in [-0.2, -0.15) is 0 Å². The van der Waals surface area contributed by atoms with E-state index in [9.17, 15) is 9.18 Å². The molecule has 0 aliphatic carbocycles. The topological polar surface area (TPSA) is 66.4 Å². The van der Waals surface area contributed by atoms with Crippen LogP contribution in [0.25, 0.3) is 0 Å². The zero-order valence-corrected chi connectivity index (χ0v) is 17.3. The number of benzene rings is 1. The summed E-state index contributed by atoms with van der Waals surface area (Å²) in [6, 6.07) is 6.14. The molecule has 0 bridgehead atoms. The number of guanidine groups is 1. The van der Waals surface area contributed by atoms with Crippen molar-refractivity contribution in [2.24, 2.45) is 10.9 Å². The van der Waals surface area contributed by atoms with Gasteiger partial charge in [0.2, 0.25) is 5.91 Å². The van der Waals surface area contributed by atoms with E-state index in [4.69, 9.17) is 9.47 Å². The molecule has 29 heavy (non-hydrogen) atoms. The monoisotopic (exact) mass is 406 g/mol. The molecule has 0 radical (unpaired) electrons. The molecule has 1 aromatic rings. The zero-order valence-electron chi connectivity index (χ0n) is 17.3. The van der Waals surface area contributed by atoms with Crippen LogP contribution < -0.4 is 10.1 Å². The summed E-state index contributed by atoms with van der Waals surface area (Å²) in [6.07, 6.45) is 1.51. The van der Waals surface area contributed by atoms with Crippen LogP contribution in [0.4, 0.5) is 4.39 Å². The predicted molar refractivity (Wildman–Crippen MR) is 110 cm³/mol. The maximum atomic E-state index is 13.3. The summed E-state index contributed by atoms with van der Waals surface area (Å²) in [5.74, 6) is 1.34. The number of halogens is 1. The summed E-state index contributed by atoms with van der Waals surface area (Å²) in [6.45, 7) is 6.73. The molecule has 0 saturated carbocycles. The minimum atomic E-state index is -0.312. The summed E-state index contributed by atoms with van der Waals surface area (Å²) in [5, 5.41) is 3.33. The molecule has 0 spiro atoms. The average molecular weight is 407 g/mol. The van der Waals surface area contributed by atoms with Crippen LogP contribution in [0.5, 0.6) is 5.75 Å². The number of carbonyl (C=O) groups excluding carboxylic acids is 1. The van der Waals surface area contributed by atoms with Gasteiger partial charge in [0.05, 0.1) is 19.8 Å². The van der Waals surface area contributed by atoms with Crippen LogP contribution in [0, 0.1) is 11.7 Å². The van der Waals surface area contributed by atoms with Crippen molar-refractivity contribution in [3.8, 4) is 5.75 Å². The number of rotatable bonds is 5. The smallest absolute Gasteiger partial charge is 0.225 e. The van der Waals surface area contributed by atoms with Crippen LogP contribution in [0.15, 0.2) is 29.3 Å². The number of morpholine rings is 1. The highest BCUT2D eigenvalue weighted by Gasteiger charge is 2.30. The standard InChI is InChI=1S/C21H31FN4O3/c1-16(29-19-5-3-4-18(22)14-19)15-24-21(23-2)26-8-6-17(7-9-26)20(27)25-10-12-28-13-11-25/h3-5,14,16-17H,6-13,15H2,1-2H3,(H,23,24). The van der Waals surface area contributed by atoms with Crippen LogP contribution in [0.3, 0.4) is 0 Å². The summed E-state index contributed by atoms with van der Waals surface area (Å²) < 4.78 is 24.4. The number of nitrogens with one attached hydrogen (secondary N) is 1. The first-order valence-corrected chi connectivity index (χ1v) is 10.3. The second kappa shape index (κ2) is 10.4. The number of amides is 1. The highest BCUT2D eigenvalue weighted by atomic mass is 19.1. The predicted octanol–water partition coefficient (Wildman–Crippen LogP) is 1.74. The SMILES string of the molecule is CN=C(NCC(C)Oc1cccc(F)c1)N1CCC(C(=O)N2CCOCC2)CC1. The molecule has 1 N–H and O–H groups in total. The van der Waals surface area contributed by atoms with Gasteiger partial charge < -0.3 is 24.6 Å². The highest BCUT2D eigenvalue weighted by Crippen LogP contribution is 2.20. The number of hydrogen-bond donors (Lipinski definition) is 1. The molecule has 0 aromatic heterocycles. The largest absolute Gasteiger partial charge is 0.489 e. The fourth-order valence-corrected chi connectivity index (χ4v) is 3.76. The summed E-state index contributed by atoms with van der Waals surface area (Å²) >= 11 is 0. The van der Waals surface area contributed by atoms with Crippen LogP contribution >= 0.6 is 0 Å². The molecule has 160 valence electrons. The third-order valence-corrected chi connectivity index (χ3v) is 5.36. The van der Waals surface area contributed by atoms with Crippen molar-refractivity contribution in [3.63, 3.8) is 0 Å². The lowest BCUT2D eigenvalue weighted by Gasteiger charge is -2.37. The van der Waals surface area contributed by atoms with E-state index in [-0.39, 0.29) is 23.7 Å². The van der Waals surface area contributed by atoms with E-state index >= 15 is 0 Å². The molecule has 2 aliphatic heterocycles. The fraction of sp³-hybridized carbons (Fsp3) is 0.619. The highest BCUT2D eigenvalue weighted by molar-refractivity contribution is 5.81. The molecular weight excluding hydrogens is 375 g/mol. The second-order valence-corrected chi connectivity index (χ2v) is 7.51. The number of aliphatic imine (C=N–C) groups is 1. The van der Waals surface area contributed by atoms with E-state index < -0.39 is 0 Å². The van der Waals surface area contributed by atoms with Gasteiger partial charge in [0.15, 0.2) is 5.96 Å². The Morgan fingerprint density at radius 1 is 1.28 bits per heavy atom. The molecular formula is C21H31FN4O3. The Balaban J connectivity index is 1.43. The second-order valence-electron chi connectivity index (χ2n) is 7.51. The Bertz CT molecular complexity index is 701. The number of hydrogen-bond acceptors (Lipinski definition) is 4. The Morgan fingerprint density at radius 3 is 2.66 bits per heavy atom. The van der Waals surface area contributed by atoms with Crippen LogP contribution in [-0.2, 0) is 9.53 Å². The molecule has 2 heterocycles.